The minimum absolute atomic E-state index is 0.177. The maximum Gasteiger partial charge on any atom is 0.119 e. The van der Waals surface area contributed by atoms with Crippen LogP contribution in [-0.2, 0) is 5.41 Å². The van der Waals surface area contributed by atoms with E-state index in [1.165, 1.54) is 115 Å². The standard InChI is InChI=1S/C27H48O/c1-4-7-10-12-14-18-23-27(22-9-6-3,24-19-15-13-11-8-5-2)25-20-16-17-21-26(25)28/h16-17,20-21,28H,4-15,18-19,22-24H2,1-3H3. The van der Waals surface area contributed by atoms with Gasteiger partial charge in [-0.3, -0.25) is 0 Å². The second kappa shape index (κ2) is 15.9. The lowest BCUT2D eigenvalue weighted by atomic mass is 9.69. The Labute approximate surface area is 176 Å². The van der Waals surface area contributed by atoms with Crippen LogP contribution in [0.1, 0.15) is 135 Å². The molecule has 0 saturated carbocycles. The lowest BCUT2D eigenvalue weighted by molar-refractivity contribution is 0.292. The van der Waals surface area contributed by atoms with Gasteiger partial charge in [0.25, 0.3) is 0 Å². The molecule has 1 N–H and O–H groups in total. The molecule has 0 radical (unpaired) electrons. The average Bonchev–Trinajstić information content (AvgIpc) is 2.71. The molecule has 1 heteroatoms. The van der Waals surface area contributed by atoms with Crippen molar-refractivity contribution in [3.63, 3.8) is 0 Å². The van der Waals surface area contributed by atoms with E-state index in [1.807, 2.05) is 12.1 Å². The molecule has 0 aromatic heterocycles. The summed E-state index contributed by atoms with van der Waals surface area (Å²) in [6, 6.07) is 8.20. The molecule has 0 aliphatic carbocycles. The van der Waals surface area contributed by atoms with Crippen molar-refractivity contribution in [2.75, 3.05) is 0 Å². The van der Waals surface area contributed by atoms with E-state index in [2.05, 4.69) is 32.9 Å². The molecule has 0 aliphatic heterocycles. The van der Waals surface area contributed by atoms with Crippen LogP contribution < -0.4 is 0 Å². The zero-order valence-electron chi connectivity index (χ0n) is 19.3. The Morgan fingerprint density at radius 2 is 1.00 bits per heavy atom. The fourth-order valence-electron chi connectivity index (χ4n) is 4.70. The first kappa shape index (κ1) is 25.1. The van der Waals surface area contributed by atoms with Crippen LogP contribution in [0.5, 0.6) is 5.75 Å². The Morgan fingerprint density at radius 1 is 0.571 bits per heavy atom. The van der Waals surface area contributed by atoms with E-state index in [1.54, 1.807) is 0 Å². The predicted molar refractivity (Wildman–Crippen MR) is 125 cm³/mol. The molecule has 1 aromatic carbocycles. The van der Waals surface area contributed by atoms with Gasteiger partial charge in [0.05, 0.1) is 0 Å². The third kappa shape index (κ3) is 9.48. The van der Waals surface area contributed by atoms with Crippen molar-refractivity contribution < 1.29 is 5.11 Å². The Balaban J connectivity index is 2.79. The summed E-state index contributed by atoms with van der Waals surface area (Å²) in [6.07, 6.45) is 22.4. The summed E-state index contributed by atoms with van der Waals surface area (Å²) in [5.74, 6) is 0.524. The average molecular weight is 389 g/mol. The van der Waals surface area contributed by atoms with Crippen molar-refractivity contribution in [2.24, 2.45) is 0 Å². The van der Waals surface area contributed by atoms with Crippen LogP contribution in [0.15, 0.2) is 24.3 Å². The molecule has 28 heavy (non-hydrogen) atoms. The monoisotopic (exact) mass is 388 g/mol. The number of aromatic hydroxyl groups is 1. The first-order valence-electron chi connectivity index (χ1n) is 12.5. The Kier molecular flexibility index (Phi) is 14.2. The number of phenols is 1. The first-order valence-corrected chi connectivity index (χ1v) is 12.5. The van der Waals surface area contributed by atoms with E-state index >= 15 is 0 Å². The summed E-state index contributed by atoms with van der Waals surface area (Å²) in [5, 5.41) is 10.7. The van der Waals surface area contributed by atoms with E-state index in [-0.39, 0.29) is 5.41 Å². The van der Waals surface area contributed by atoms with E-state index in [0.29, 0.717) is 5.75 Å². The van der Waals surface area contributed by atoms with Gasteiger partial charge in [-0.2, -0.15) is 0 Å². The van der Waals surface area contributed by atoms with Gasteiger partial charge in [-0.15, -0.1) is 0 Å². The minimum atomic E-state index is 0.177. The number of hydrogen-bond donors (Lipinski definition) is 1. The molecule has 0 bridgehead atoms. The normalized spacial score (nSPS) is 11.8. The summed E-state index contributed by atoms with van der Waals surface area (Å²) < 4.78 is 0. The van der Waals surface area contributed by atoms with Crippen molar-refractivity contribution in [1.29, 1.82) is 0 Å². The van der Waals surface area contributed by atoms with Gasteiger partial charge in [-0.05, 0) is 30.7 Å². The number of phenolic OH excluding ortho intramolecular Hbond substituents is 1. The van der Waals surface area contributed by atoms with Gasteiger partial charge in [0, 0.05) is 5.56 Å². The summed E-state index contributed by atoms with van der Waals surface area (Å²) >= 11 is 0. The van der Waals surface area contributed by atoms with E-state index < -0.39 is 0 Å². The van der Waals surface area contributed by atoms with Crippen LogP contribution in [0.3, 0.4) is 0 Å². The summed E-state index contributed by atoms with van der Waals surface area (Å²) in [7, 11) is 0. The molecule has 0 fully saturated rings. The lowest BCUT2D eigenvalue weighted by Gasteiger charge is -2.36. The summed E-state index contributed by atoms with van der Waals surface area (Å²) in [5.41, 5.74) is 1.40. The number of hydrogen-bond acceptors (Lipinski definition) is 1. The smallest absolute Gasteiger partial charge is 0.119 e. The molecule has 162 valence electrons. The van der Waals surface area contributed by atoms with E-state index in [0.717, 1.165) is 0 Å². The van der Waals surface area contributed by atoms with Gasteiger partial charge in [-0.1, -0.05) is 129 Å². The summed E-state index contributed by atoms with van der Waals surface area (Å²) in [6.45, 7) is 6.87. The largest absolute Gasteiger partial charge is 0.508 e. The van der Waals surface area contributed by atoms with Gasteiger partial charge >= 0.3 is 0 Å². The molecule has 0 atom stereocenters. The SMILES string of the molecule is CCCCCCCCC(CCCC)(CCCCCCCC)c1ccccc1O. The predicted octanol–water partition coefficient (Wildman–Crippen LogP) is 9.32. The molecule has 1 rings (SSSR count). The highest BCUT2D eigenvalue weighted by atomic mass is 16.3. The Bertz CT molecular complexity index is 463. The third-order valence-corrected chi connectivity index (χ3v) is 6.50. The Hall–Kier alpha value is -0.980. The molecular formula is C27H48O. The van der Waals surface area contributed by atoms with E-state index in [9.17, 15) is 5.11 Å². The highest BCUT2D eigenvalue weighted by molar-refractivity contribution is 5.38. The number of unbranched alkanes of at least 4 members (excludes halogenated alkanes) is 11. The highest BCUT2D eigenvalue weighted by Crippen LogP contribution is 2.44. The third-order valence-electron chi connectivity index (χ3n) is 6.50. The topological polar surface area (TPSA) is 20.2 Å². The second-order valence-corrected chi connectivity index (χ2v) is 8.94. The molecule has 0 unspecified atom stereocenters. The molecule has 0 heterocycles. The van der Waals surface area contributed by atoms with Crippen molar-refractivity contribution in [3.8, 4) is 5.75 Å². The van der Waals surface area contributed by atoms with Gasteiger partial charge in [0.15, 0.2) is 0 Å². The zero-order valence-corrected chi connectivity index (χ0v) is 19.3. The van der Waals surface area contributed by atoms with Gasteiger partial charge < -0.3 is 5.11 Å². The maximum absolute atomic E-state index is 10.7. The Morgan fingerprint density at radius 3 is 1.50 bits per heavy atom. The zero-order chi connectivity index (χ0) is 20.5. The summed E-state index contributed by atoms with van der Waals surface area (Å²) in [4.78, 5) is 0. The quantitative estimate of drug-likeness (QED) is 0.248. The molecule has 0 saturated heterocycles. The molecular weight excluding hydrogens is 340 g/mol. The molecule has 1 nitrogen and oxygen atoms in total. The number of benzene rings is 1. The van der Waals surface area contributed by atoms with Gasteiger partial charge in [0.1, 0.15) is 5.75 Å². The molecule has 0 amide bonds. The van der Waals surface area contributed by atoms with Crippen molar-refractivity contribution >= 4 is 0 Å². The van der Waals surface area contributed by atoms with Crippen LogP contribution in [0.4, 0.5) is 0 Å². The fraction of sp³-hybridized carbons (Fsp3) is 0.778. The number of para-hydroxylation sites is 1. The number of rotatable bonds is 18. The van der Waals surface area contributed by atoms with Crippen LogP contribution >= 0.6 is 0 Å². The van der Waals surface area contributed by atoms with E-state index in [4.69, 9.17) is 0 Å². The van der Waals surface area contributed by atoms with Crippen molar-refractivity contribution in [3.05, 3.63) is 29.8 Å². The molecule has 0 spiro atoms. The van der Waals surface area contributed by atoms with Crippen LogP contribution in [-0.4, -0.2) is 5.11 Å². The maximum atomic E-state index is 10.7. The van der Waals surface area contributed by atoms with Crippen molar-refractivity contribution in [2.45, 2.75) is 135 Å². The molecule has 1 aromatic rings. The van der Waals surface area contributed by atoms with Gasteiger partial charge in [0.2, 0.25) is 0 Å². The second-order valence-electron chi connectivity index (χ2n) is 8.94. The van der Waals surface area contributed by atoms with Gasteiger partial charge in [-0.25, -0.2) is 0 Å². The van der Waals surface area contributed by atoms with Crippen LogP contribution in [0, 0.1) is 0 Å². The van der Waals surface area contributed by atoms with Crippen LogP contribution in [0.2, 0.25) is 0 Å². The van der Waals surface area contributed by atoms with Crippen molar-refractivity contribution in [1.82, 2.24) is 0 Å². The molecule has 0 aliphatic rings. The highest BCUT2D eigenvalue weighted by Gasteiger charge is 2.32. The minimum Gasteiger partial charge on any atom is -0.508 e. The first-order chi connectivity index (χ1) is 13.7. The fourth-order valence-corrected chi connectivity index (χ4v) is 4.70. The lowest BCUT2D eigenvalue weighted by Crippen LogP contribution is -2.27. The van der Waals surface area contributed by atoms with Crippen LogP contribution in [0.25, 0.3) is 0 Å².